The summed E-state index contributed by atoms with van der Waals surface area (Å²) in [5, 5.41) is 26.3. The highest BCUT2D eigenvalue weighted by atomic mass is 16.3. The summed E-state index contributed by atoms with van der Waals surface area (Å²) in [4.78, 5) is 30.0. The molecule has 0 radical (unpaired) electrons. The van der Waals surface area contributed by atoms with Crippen molar-refractivity contribution in [3.63, 3.8) is 0 Å². The maximum absolute atomic E-state index is 13.4. The quantitative estimate of drug-likeness (QED) is 0.267. The van der Waals surface area contributed by atoms with Gasteiger partial charge in [0.2, 0.25) is 0 Å². The molecule has 4 aromatic carbocycles. The van der Waals surface area contributed by atoms with E-state index in [-0.39, 0.29) is 36.4 Å². The van der Waals surface area contributed by atoms with Gasteiger partial charge in [-0.1, -0.05) is 60.4 Å². The summed E-state index contributed by atoms with van der Waals surface area (Å²) in [6.07, 6.45) is -0.947. The third-order valence-corrected chi connectivity index (χ3v) is 7.20. The van der Waals surface area contributed by atoms with E-state index in [4.69, 9.17) is 0 Å². The van der Waals surface area contributed by atoms with Crippen LogP contribution in [-0.4, -0.2) is 44.9 Å². The van der Waals surface area contributed by atoms with E-state index in [1.807, 2.05) is 36.4 Å². The van der Waals surface area contributed by atoms with Gasteiger partial charge in [0.1, 0.15) is 23.8 Å². The van der Waals surface area contributed by atoms with Crippen LogP contribution in [0.25, 0.3) is 0 Å². The largest absolute Gasteiger partial charge is 0.508 e. The number of aromatic hydroxyl groups is 2. The van der Waals surface area contributed by atoms with Crippen LogP contribution in [0.4, 0.5) is 11.4 Å². The first kappa shape index (κ1) is 26.4. The Balaban J connectivity index is 1.21. The summed E-state index contributed by atoms with van der Waals surface area (Å²) >= 11 is 0. The molecule has 2 amide bonds. The Hall–Kier alpha value is -5.86. The fourth-order valence-corrected chi connectivity index (χ4v) is 5.09. The molecule has 2 atom stereocenters. The number of fused-ring (bicyclic) bond motifs is 2. The average molecular weight is 555 g/mol. The molecule has 0 aliphatic carbocycles. The van der Waals surface area contributed by atoms with E-state index in [1.54, 1.807) is 70.5 Å². The first-order valence-electron chi connectivity index (χ1n) is 13.4. The number of anilines is 2. The van der Waals surface area contributed by atoms with Crippen LogP contribution >= 0.6 is 0 Å². The summed E-state index contributed by atoms with van der Waals surface area (Å²) in [6, 6.07) is 28.0. The lowest BCUT2D eigenvalue weighted by Gasteiger charge is -2.37. The molecule has 0 saturated carbocycles. The molecule has 8 nitrogen and oxygen atoms in total. The topological polar surface area (TPSA) is 105 Å². The number of rotatable bonds is 4. The first-order valence-corrected chi connectivity index (χ1v) is 13.4. The van der Waals surface area contributed by atoms with Crippen LogP contribution < -0.4 is 10.6 Å². The van der Waals surface area contributed by atoms with Crippen molar-refractivity contribution in [3.05, 3.63) is 119 Å². The van der Waals surface area contributed by atoms with Crippen LogP contribution in [-0.2, 0) is 0 Å². The van der Waals surface area contributed by atoms with Crippen molar-refractivity contribution in [2.75, 3.05) is 23.7 Å². The summed E-state index contributed by atoms with van der Waals surface area (Å²) in [6.45, 7) is 0.238. The number of para-hydroxylation sites is 2. The van der Waals surface area contributed by atoms with Crippen LogP contribution in [0.15, 0.2) is 97.1 Å². The Kier molecular flexibility index (Phi) is 7.11. The zero-order valence-electron chi connectivity index (χ0n) is 22.4. The Bertz CT molecular complexity index is 1650. The number of nitrogens with one attached hydrogen (secondary N) is 2. The highest BCUT2D eigenvalue weighted by Crippen LogP contribution is 2.34. The number of hydrogen-bond donors (Lipinski definition) is 4. The minimum absolute atomic E-state index is 0.119. The number of hydrogen-bond acceptors (Lipinski definition) is 6. The zero-order valence-corrected chi connectivity index (χ0v) is 22.4. The molecule has 2 aliphatic rings. The van der Waals surface area contributed by atoms with Crippen LogP contribution in [0, 0.1) is 23.7 Å². The SMILES string of the molecule is O=C1c2ccccc2NC(c2ccc(O)cc2)N1CC#CC#CCN1C(=O)c2ccccc2NC1c1ccc(O)cc1. The van der Waals surface area contributed by atoms with Crippen LogP contribution in [0.1, 0.15) is 44.2 Å². The second-order valence-corrected chi connectivity index (χ2v) is 9.84. The second kappa shape index (κ2) is 11.3. The normalized spacial score (nSPS) is 17.0. The lowest BCUT2D eigenvalue weighted by molar-refractivity contribution is 0.0703. The molecule has 6 rings (SSSR count). The second-order valence-electron chi connectivity index (χ2n) is 9.84. The fraction of sp³-hybridized carbons (Fsp3) is 0.118. The van der Waals surface area contributed by atoms with Gasteiger partial charge in [-0.15, -0.1) is 0 Å². The standard InChI is InChI=1S/C34H26N4O4/c39-25-17-13-23(14-18-25)31-35-29-11-5-3-9-27(29)33(41)37(31)21-7-1-2-8-22-38-32(24-15-19-26(40)20-16-24)36-30-12-6-4-10-28(30)34(38)42/h3-6,9-20,31-32,35-36,39-40H,21-22H2. The molecule has 4 N–H and O–H groups in total. The van der Waals surface area contributed by atoms with Gasteiger partial charge < -0.3 is 30.6 Å². The number of carbonyl (C=O) groups excluding carboxylic acids is 2. The summed E-state index contributed by atoms with van der Waals surface area (Å²) in [7, 11) is 0. The van der Waals surface area contributed by atoms with E-state index < -0.39 is 12.3 Å². The summed E-state index contributed by atoms with van der Waals surface area (Å²) < 4.78 is 0. The van der Waals surface area contributed by atoms with Gasteiger partial charge in [-0.3, -0.25) is 9.59 Å². The van der Waals surface area contributed by atoms with Crippen LogP contribution in [0.2, 0.25) is 0 Å². The number of amides is 2. The number of nitrogens with zero attached hydrogens (tertiary/aromatic N) is 2. The van der Waals surface area contributed by atoms with Gasteiger partial charge >= 0.3 is 0 Å². The predicted octanol–water partition coefficient (Wildman–Crippen LogP) is 4.94. The molecule has 0 spiro atoms. The Labute approximate surface area is 243 Å². The maximum Gasteiger partial charge on any atom is 0.258 e. The fourth-order valence-electron chi connectivity index (χ4n) is 5.09. The third-order valence-electron chi connectivity index (χ3n) is 7.20. The van der Waals surface area contributed by atoms with Crippen molar-refractivity contribution in [1.82, 2.24) is 9.80 Å². The van der Waals surface area contributed by atoms with E-state index in [2.05, 4.69) is 34.3 Å². The minimum Gasteiger partial charge on any atom is -0.508 e. The first-order chi connectivity index (χ1) is 20.5. The molecule has 0 bridgehead atoms. The van der Waals surface area contributed by atoms with Crippen molar-refractivity contribution < 1.29 is 19.8 Å². The predicted molar refractivity (Wildman–Crippen MR) is 159 cm³/mol. The third kappa shape index (κ3) is 5.17. The number of carbonyl (C=O) groups is 2. The maximum atomic E-state index is 13.4. The summed E-state index contributed by atoms with van der Waals surface area (Å²) in [5.74, 6) is 11.6. The van der Waals surface area contributed by atoms with Gasteiger partial charge in [0.25, 0.3) is 11.8 Å². The Morgan fingerprint density at radius 1 is 0.571 bits per heavy atom. The lowest BCUT2D eigenvalue weighted by Crippen LogP contribution is -2.43. The van der Waals surface area contributed by atoms with E-state index in [1.165, 1.54) is 0 Å². The molecule has 2 aliphatic heterocycles. The molecule has 42 heavy (non-hydrogen) atoms. The molecular formula is C34H26N4O4. The van der Waals surface area contributed by atoms with Gasteiger partial charge in [0, 0.05) is 11.4 Å². The molecule has 2 unspecified atom stereocenters. The van der Waals surface area contributed by atoms with E-state index in [0.717, 1.165) is 22.5 Å². The van der Waals surface area contributed by atoms with Gasteiger partial charge in [-0.05, 0) is 71.5 Å². The number of phenols is 2. The molecule has 8 heteroatoms. The van der Waals surface area contributed by atoms with E-state index in [9.17, 15) is 19.8 Å². The van der Waals surface area contributed by atoms with Crippen molar-refractivity contribution in [3.8, 4) is 35.2 Å². The highest BCUT2D eigenvalue weighted by Gasteiger charge is 2.33. The average Bonchev–Trinajstić information content (AvgIpc) is 3.01. The number of phenolic OH excluding ortho intramolecular Hbond substituents is 2. The molecule has 0 saturated heterocycles. The van der Waals surface area contributed by atoms with Crippen molar-refractivity contribution in [2.24, 2.45) is 0 Å². The van der Waals surface area contributed by atoms with Crippen LogP contribution in [0.5, 0.6) is 11.5 Å². The van der Waals surface area contributed by atoms with E-state index >= 15 is 0 Å². The van der Waals surface area contributed by atoms with Gasteiger partial charge in [0.05, 0.1) is 24.2 Å². The molecule has 0 aromatic heterocycles. The van der Waals surface area contributed by atoms with E-state index in [0.29, 0.717) is 11.1 Å². The van der Waals surface area contributed by atoms with Crippen molar-refractivity contribution in [1.29, 1.82) is 0 Å². The van der Waals surface area contributed by atoms with Gasteiger partial charge in [0.15, 0.2) is 0 Å². The minimum atomic E-state index is -0.474. The highest BCUT2D eigenvalue weighted by molar-refractivity contribution is 6.02. The molecule has 206 valence electrons. The van der Waals surface area contributed by atoms with Crippen molar-refractivity contribution in [2.45, 2.75) is 12.3 Å². The van der Waals surface area contributed by atoms with Gasteiger partial charge in [-0.2, -0.15) is 0 Å². The monoisotopic (exact) mass is 554 g/mol. The van der Waals surface area contributed by atoms with Crippen molar-refractivity contribution >= 4 is 23.2 Å². The van der Waals surface area contributed by atoms with Crippen LogP contribution in [0.3, 0.4) is 0 Å². The Morgan fingerprint density at radius 3 is 1.36 bits per heavy atom. The molecule has 0 fully saturated rings. The number of benzene rings is 4. The lowest BCUT2D eigenvalue weighted by atomic mass is 10.0. The smallest absolute Gasteiger partial charge is 0.258 e. The molecule has 2 heterocycles. The molecule has 4 aromatic rings. The Morgan fingerprint density at radius 2 is 0.952 bits per heavy atom. The zero-order chi connectivity index (χ0) is 29.1. The molecular weight excluding hydrogens is 528 g/mol. The van der Waals surface area contributed by atoms with Gasteiger partial charge in [-0.25, -0.2) is 0 Å². The summed E-state index contributed by atoms with van der Waals surface area (Å²) in [5.41, 5.74) is 4.18.